The summed E-state index contributed by atoms with van der Waals surface area (Å²) >= 11 is 0. The molecule has 0 aliphatic heterocycles. The normalized spacial score (nSPS) is 13.1. The first-order valence-electron chi connectivity index (χ1n) is 15.2. The third-order valence-corrected chi connectivity index (χ3v) is 7.49. The minimum atomic E-state index is -0.630. The molecule has 0 radical (unpaired) electrons. The Bertz CT molecular complexity index is 1170. The van der Waals surface area contributed by atoms with Crippen LogP contribution in [0.1, 0.15) is 108 Å². The van der Waals surface area contributed by atoms with E-state index in [1.807, 2.05) is 45.0 Å². The predicted octanol–water partition coefficient (Wildman–Crippen LogP) is 6.22. The number of benzene rings is 2. The Morgan fingerprint density at radius 1 is 0.951 bits per heavy atom. The lowest BCUT2D eigenvalue weighted by molar-refractivity contribution is -0.129. The molecule has 0 saturated heterocycles. The van der Waals surface area contributed by atoms with Gasteiger partial charge in [0.05, 0.1) is 25.8 Å². The Morgan fingerprint density at radius 3 is 2.27 bits per heavy atom. The van der Waals surface area contributed by atoms with Crippen molar-refractivity contribution in [2.45, 2.75) is 111 Å². The molecule has 1 aromatic heterocycles. The topological polar surface area (TPSA) is 102 Å². The number of nitrogens with zero attached hydrogens (tertiary/aromatic N) is 4. The summed E-state index contributed by atoms with van der Waals surface area (Å²) in [6, 6.07) is 16.0. The highest BCUT2D eigenvalue weighted by Gasteiger charge is 2.26. The van der Waals surface area contributed by atoms with E-state index in [2.05, 4.69) is 52.0 Å². The Morgan fingerprint density at radius 2 is 1.61 bits per heavy atom. The Kier molecular flexibility index (Phi) is 12.8. The van der Waals surface area contributed by atoms with Crippen LogP contribution in [-0.2, 0) is 24.2 Å². The van der Waals surface area contributed by atoms with E-state index in [0.29, 0.717) is 31.6 Å². The molecule has 3 rings (SSSR count). The number of carbonyl (C=O) groups excluding carboxylic acids is 1. The molecular weight excluding hydrogens is 514 g/mol. The highest BCUT2D eigenvalue weighted by atomic mass is 16.5. The number of nitrogens with one attached hydrogen (secondary N) is 1. The number of amides is 1. The number of rotatable bonds is 17. The van der Waals surface area contributed by atoms with Crippen LogP contribution in [0.5, 0.6) is 5.75 Å². The van der Waals surface area contributed by atoms with Gasteiger partial charge in [-0.1, -0.05) is 96.2 Å². The van der Waals surface area contributed by atoms with E-state index >= 15 is 0 Å². The molecule has 8 heteroatoms. The SMILES string of the molecule is CCCCCCCCc1ccc(C(CC(O)CCc2nnnn2Cc2ccc(OC)cc2)NC(=O)C(C)(C)C)cc1. The number of aliphatic hydroxyl groups is 1. The van der Waals surface area contributed by atoms with Crippen molar-refractivity contribution < 1.29 is 14.6 Å². The summed E-state index contributed by atoms with van der Waals surface area (Å²) in [5, 5.41) is 26.4. The molecule has 2 unspecified atom stereocenters. The second-order valence-corrected chi connectivity index (χ2v) is 12.1. The van der Waals surface area contributed by atoms with Gasteiger partial charge in [0.1, 0.15) is 5.75 Å². The molecule has 3 aromatic rings. The highest BCUT2D eigenvalue weighted by Crippen LogP contribution is 2.25. The molecule has 41 heavy (non-hydrogen) atoms. The first kappa shape index (κ1) is 32.3. The lowest BCUT2D eigenvalue weighted by Gasteiger charge is -2.26. The first-order chi connectivity index (χ1) is 19.7. The lowest BCUT2D eigenvalue weighted by atomic mass is 9.92. The minimum absolute atomic E-state index is 0.0331. The van der Waals surface area contributed by atoms with Crippen molar-refractivity contribution >= 4 is 5.91 Å². The largest absolute Gasteiger partial charge is 0.497 e. The van der Waals surface area contributed by atoms with Crippen LogP contribution in [0.3, 0.4) is 0 Å². The summed E-state index contributed by atoms with van der Waals surface area (Å²) in [7, 11) is 1.64. The molecule has 2 aromatic carbocycles. The highest BCUT2D eigenvalue weighted by molar-refractivity contribution is 5.81. The van der Waals surface area contributed by atoms with E-state index in [9.17, 15) is 9.90 Å². The molecule has 0 bridgehead atoms. The standard InChI is InChI=1S/C33H49N5O3/c1-6-7-8-9-10-11-12-25-13-17-27(18-14-25)30(34-32(40)33(2,3)4)23-28(39)19-22-31-35-36-37-38(31)24-26-15-20-29(41-5)21-16-26/h13-18,20-21,28,30,39H,6-12,19,22-24H2,1-5H3,(H,34,40). The molecule has 1 amide bonds. The zero-order valence-electron chi connectivity index (χ0n) is 25.6. The van der Waals surface area contributed by atoms with Gasteiger partial charge in [0.15, 0.2) is 5.82 Å². The smallest absolute Gasteiger partial charge is 0.225 e. The molecule has 0 fully saturated rings. The average Bonchev–Trinajstić information content (AvgIpc) is 3.40. The van der Waals surface area contributed by atoms with Gasteiger partial charge >= 0.3 is 0 Å². The van der Waals surface area contributed by atoms with E-state index in [1.165, 1.54) is 44.1 Å². The van der Waals surface area contributed by atoms with Gasteiger partial charge in [0.2, 0.25) is 5.91 Å². The number of aromatic nitrogens is 4. The van der Waals surface area contributed by atoms with Crippen molar-refractivity contribution in [3.63, 3.8) is 0 Å². The summed E-state index contributed by atoms with van der Waals surface area (Å²) in [4.78, 5) is 12.9. The number of aliphatic hydroxyl groups excluding tert-OH is 1. The Hall–Kier alpha value is -3.26. The number of carbonyl (C=O) groups is 1. The Balaban J connectivity index is 1.59. The van der Waals surface area contributed by atoms with Gasteiger partial charge in [-0.2, -0.15) is 0 Å². The number of aryl methyl sites for hydroxylation is 2. The molecule has 224 valence electrons. The lowest BCUT2D eigenvalue weighted by Crippen LogP contribution is -2.38. The summed E-state index contributed by atoms with van der Waals surface area (Å²) in [6.07, 6.45) is 9.55. The molecule has 0 aliphatic rings. The first-order valence-corrected chi connectivity index (χ1v) is 15.2. The van der Waals surface area contributed by atoms with E-state index < -0.39 is 11.5 Å². The zero-order valence-corrected chi connectivity index (χ0v) is 25.6. The van der Waals surface area contributed by atoms with Crippen LogP contribution in [0.25, 0.3) is 0 Å². The van der Waals surface area contributed by atoms with Gasteiger partial charge in [0, 0.05) is 11.8 Å². The van der Waals surface area contributed by atoms with Gasteiger partial charge in [0.25, 0.3) is 0 Å². The van der Waals surface area contributed by atoms with Crippen LogP contribution < -0.4 is 10.1 Å². The fraction of sp³-hybridized carbons (Fsp3) is 0.576. The van der Waals surface area contributed by atoms with E-state index in [0.717, 1.165) is 23.3 Å². The summed E-state index contributed by atoms with van der Waals surface area (Å²) in [5.74, 6) is 1.48. The van der Waals surface area contributed by atoms with Gasteiger partial charge < -0.3 is 15.2 Å². The quantitative estimate of drug-likeness (QED) is 0.189. The maximum Gasteiger partial charge on any atom is 0.225 e. The molecular formula is C33H49N5O3. The zero-order chi connectivity index (χ0) is 29.7. The fourth-order valence-electron chi connectivity index (χ4n) is 4.79. The Labute approximate surface area is 245 Å². The predicted molar refractivity (Wildman–Crippen MR) is 163 cm³/mol. The number of unbranched alkanes of at least 4 members (excludes halogenated alkanes) is 5. The van der Waals surface area contributed by atoms with Crippen LogP contribution in [-0.4, -0.2) is 44.4 Å². The van der Waals surface area contributed by atoms with E-state index in [-0.39, 0.29) is 11.9 Å². The van der Waals surface area contributed by atoms with Gasteiger partial charge in [-0.05, 0) is 64.9 Å². The molecule has 2 atom stereocenters. The van der Waals surface area contributed by atoms with Crippen LogP contribution >= 0.6 is 0 Å². The van der Waals surface area contributed by atoms with E-state index in [4.69, 9.17) is 4.74 Å². The number of methoxy groups -OCH3 is 1. The van der Waals surface area contributed by atoms with Gasteiger partial charge in [-0.15, -0.1) is 5.10 Å². The number of tetrazole rings is 1. The second-order valence-electron chi connectivity index (χ2n) is 12.1. The summed E-state index contributed by atoms with van der Waals surface area (Å²) in [5.41, 5.74) is 2.86. The van der Waals surface area contributed by atoms with Gasteiger partial charge in [-0.3, -0.25) is 4.79 Å². The number of hydrogen-bond acceptors (Lipinski definition) is 6. The third kappa shape index (κ3) is 10.9. The third-order valence-electron chi connectivity index (χ3n) is 7.49. The van der Waals surface area contributed by atoms with Crippen LogP contribution in [0, 0.1) is 5.41 Å². The van der Waals surface area contributed by atoms with Crippen LogP contribution in [0.2, 0.25) is 0 Å². The molecule has 0 saturated carbocycles. The second kappa shape index (κ2) is 16.2. The van der Waals surface area contributed by atoms with Crippen LogP contribution in [0.4, 0.5) is 0 Å². The van der Waals surface area contributed by atoms with Crippen molar-refractivity contribution in [2.24, 2.45) is 5.41 Å². The van der Waals surface area contributed by atoms with Crippen molar-refractivity contribution in [1.82, 2.24) is 25.5 Å². The average molecular weight is 564 g/mol. The van der Waals surface area contributed by atoms with Gasteiger partial charge in [-0.25, -0.2) is 4.68 Å². The van der Waals surface area contributed by atoms with Crippen molar-refractivity contribution in [2.75, 3.05) is 7.11 Å². The number of hydrogen-bond donors (Lipinski definition) is 2. The summed E-state index contributed by atoms with van der Waals surface area (Å²) < 4.78 is 6.99. The number of ether oxygens (including phenoxy) is 1. The summed E-state index contributed by atoms with van der Waals surface area (Å²) in [6.45, 7) is 8.50. The maximum atomic E-state index is 12.9. The van der Waals surface area contributed by atoms with Crippen LogP contribution in [0.15, 0.2) is 48.5 Å². The van der Waals surface area contributed by atoms with E-state index in [1.54, 1.807) is 11.8 Å². The molecule has 0 spiro atoms. The van der Waals surface area contributed by atoms with Crippen molar-refractivity contribution in [3.8, 4) is 5.75 Å². The molecule has 1 heterocycles. The fourth-order valence-corrected chi connectivity index (χ4v) is 4.79. The molecule has 0 aliphatic carbocycles. The minimum Gasteiger partial charge on any atom is -0.497 e. The monoisotopic (exact) mass is 563 g/mol. The van der Waals surface area contributed by atoms with Crippen molar-refractivity contribution in [1.29, 1.82) is 0 Å². The molecule has 8 nitrogen and oxygen atoms in total. The molecule has 2 N–H and O–H groups in total. The maximum absolute atomic E-state index is 12.9. The van der Waals surface area contributed by atoms with Crippen molar-refractivity contribution in [3.05, 3.63) is 71.0 Å².